The number of hydrogen-bond acceptors (Lipinski definition) is 11. The molecule has 0 bridgehead atoms. The number of carbonyl (C=O) groups is 4. The van der Waals surface area contributed by atoms with Gasteiger partial charge in [0, 0.05) is 54.3 Å². The highest BCUT2D eigenvalue weighted by atomic mass is 32.1. The lowest BCUT2D eigenvalue weighted by atomic mass is 9.97. The maximum Gasteiger partial charge on any atom is 0.355 e. The van der Waals surface area contributed by atoms with Crippen LogP contribution in [0.4, 0.5) is 4.39 Å². The maximum absolute atomic E-state index is 16.8. The Balaban J connectivity index is 0.973. The Hall–Kier alpha value is -4.89. The van der Waals surface area contributed by atoms with E-state index in [1.54, 1.807) is 42.5 Å². The Bertz CT molecular complexity index is 2360. The van der Waals surface area contributed by atoms with Gasteiger partial charge < -0.3 is 33.9 Å². The van der Waals surface area contributed by atoms with E-state index in [-0.39, 0.29) is 53.8 Å². The van der Waals surface area contributed by atoms with Crippen molar-refractivity contribution in [3.8, 4) is 11.5 Å². The number of halogens is 1. The lowest BCUT2D eigenvalue weighted by Crippen LogP contribution is -2.56. The van der Waals surface area contributed by atoms with Crippen molar-refractivity contribution in [3.63, 3.8) is 0 Å². The van der Waals surface area contributed by atoms with Crippen LogP contribution in [0.3, 0.4) is 0 Å². The predicted octanol–water partition coefficient (Wildman–Crippen LogP) is 7.68. The van der Waals surface area contributed by atoms with Gasteiger partial charge in [0.2, 0.25) is 17.7 Å². The summed E-state index contributed by atoms with van der Waals surface area (Å²) in [6.07, 6.45) is 10.3. The van der Waals surface area contributed by atoms with Gasteiger partial charge >= 0.3 is 13.5 Å². The third-order valence-corrected chi connectivity index (χ3v) is 15.9. The Morgan fingerprint density at radius 1 is 1.02 bits per heavy atom. The molecule has 5 heterocycles. The second-order valence-electron chi connectivity index (χ2n) is 17.1. The lowest BCUT2D eigenvalue weighted by molar-refractivity contribution is -0.147. The summed E-state index contributed by atoms with van der Waals surface area (Å²) in [5.41, 5.74) is 0.967. The highest BCUT2D eigenvalue weighted by Gasteiger charge is 2.58. The summed E-state index contributed by atoms with van der Waals surface area (Å²) in [7, 11) is -3.03. The zero-order chi connectivity index (χ0) is 44.3. The fourth-order valence-corrected chi connectivity index (χ4v) is 12.2. The molecule has 7 atom stereocenters. The molecule has 1 spiro atoms. The third-order valence-electron chi connectivity index (χ3n) is 12.6. The topological polar surface area (TPSA) is 166 Å². The van der Waals surface area contributed by atoms with E-state index in [1.165, 1.54) is 42.5 Å². The van der Waals surface area contributed by atoms with Crippen molar-refractivity contribution in [2.24, 2.45) is 0 Å². The first-order valence-electron chi connectivity index (χ1n) is 21.9. The van der Waals surface area contributed by atoms with Gasteiger partial charge in [0.15, 0.2) is 0 Å². The van der Waals surface area contributed by atoms with Crippen molar-refractivity contribution >= 4 is 52.6 Å². The summed E-state index contributed by atoms with van der Waals surface area (Å²) in [4.78, 5) is 63.9. The van der Waals surface area contributed by atoms with Gasteiger partial charge in [-0.1, -0.05) is 25.1 Å². The fraction of sp³-hybridized carbons (Fsp3) is 0.500. The average Bonchev–Trinajstić information content (AvgIpc) is 3.59. The van der Waals surface area contributed by atoms with E-state index >= 15 is 4.39 Å². The number of carbonyl (C=O) groups excluding carboxylic acids is 4. The van der Waals surface area contributed by atoms with Crippen molar-refractivity contribution < 1.29 is 46.9 Å². The number of rotatable bonds is 17. The molecule has 1 saturated carbocycles. The molecule has 2 N–H and O–H groups in total. The third kappa shape index (κ3) is 9.64. The number of alkyl halides is 1. The van der Waals surface area contributed by atoms with Gasteiger partial charge in [-0.15, -0.1) is 11.3 Å². The van der Waals surface area contributed by atoms with Gasteiger partial charge in [0.25, 0.3) is 5.91 Å². The Kier molecular flexibility index (Phi) is 13.5. The van der Waals surface area contributed by atoms with Gasteiger partial charge in [0.1, 0.15) is 36.2 Å². The molecule has 14 nitrogen and oxygen atoms in total. The first kappa shape index (κ1) is 44.7. The van der Waals surface area contributed by atoms with E-state index in [0.717, 1.165) is 44.1 Å². The van der Waals surface area contributed by atoms with Crippen molar-refractivity contribution in [2.45, 2.75) is 113 Å². The van der Waals surface area contributed by atoms with Gasteiger partial charge in [-0.2, -0.15) is 0 Å². The first-order valence-corrected chi connectivity index (χ1v) is 24.4. The summed E-state index contributed by atoms with van der Waals surface area (Å²) in [5.74, 6) is -3.00. The van der Waals surface area contributed by atoms with Crippen LogP contribution in [0.2, 0.25) is 0 Å². The Morgan fingerprint density at radius 2 is 1.84 bits per heavy atom. The normalized spacial score (nSPS) is 23.4. The Labute approximate surface area is 370 Å². The number of benzene rings is 2. The van der Waals surface area contributed by atoms with Crippen LogP contribution >= 0.6 is 18.9 Å². The number of pyridine rings is 1. The molecule has 336 valence electrons. The maximum atomic E-state index is 16.8. The minimum absolute atomic E-state index is 0.00261. The quantitative estimate of drug-likeness (QED) is 0.0607. The fourth-order valence-electron chi connectivity index (χ4n) is 9.30. The second kappa shape index (κ2) is 19.1. The number of nitrogens with one attached hydrogen (secondary N) is 2. The van der Waals surface area contributed by atoms with Crippen molar-refractivity contribution in [1.82, 2.24) is 25.2 Å². The van der Waals surface area contributed by atoms with Crippen molar-refractivity contribution in [1.29, 1.82) is 0 Å². The summed E-state index contributed by atoms with van der Waals surface area (Å²) < 4.78 is 53.9. The molecule has 63 heavy (non-hydrogen) atoms. The van der Waals surface area contributed by atoms with Crippen LogP contribution in [0.25, 0.3) is 10.1 Å². The number of amides is 3. The van der Waals surface area contributed by atoms with Crippen LogP contribution < -0.4 is 19.7 Å². The zero-order valence-corrected chi connectivity index (χ0v) is 37.5. The molecule has 17 heteroatoms. The zero-order valence-electron chi connectivity index (χ0n) is 35.8. The van der Waals surface area contributed by atoms with Crippen molar-refractivity contribution in [3.05, 3.63) is 89.1 Å². The number of thiophene rings is 1. The van der Waals surface area contributed by atoms with E-state index in [0.29, 0.717) is 53.1 Å². The van der Waals surface area contributed by atoms with Crippen molar-refractivity contribution in [2.75, 3.05) is 33.5 Å². The highest BCUT2D eigenvalue weighted by Crippen LogP contribution is 2.58. The van der Waals surface area contributed by atoms with Crippen LogP contribution in [0.5, 0.6) is 11.5 Å². The number of aromatic nitrogens is 1. The molecule has 8 rings (SSSR count). The number of ether oxygens (including phenoxy) is 3. The second-order valence-corrected chi connectivity index (χ2v) is 20.2. The standard InChI is InChI=1S/C46H55FN5O9PS/c1-4-20-60-45(56)29(2)50-62(57,61-36-11-6-10-35(25-36)59-22-21-58-3)41(47)30-13-16-39-32(23-30)24-40(63-39)42(53)49-37-12-5-9-34-14-15-38(52(34)43(37)54)44(55)51-28-33(26-46(51)17-18-46)31-8-7-19-48-27-31/h6-8,10-11,13,16,19,23-25,27,29,33-34,37-38,41H,4-5,9,12,14-15,17-18,20-22,26,28H2,1-3H3,(H,49,53)(H,50,57)/t29-,33-,34-,37-,38-,41+,62?/m0/s1. The number of hydrogen-bond donors (Lipinski definition) is 2. The van der Waals surface area contributed by atoms with E-state index in [1.807, 2.05) is 24.1 Å². The van der Waals surface area contributed by atoms with Crippen LogP contribution in [0, 0.1) is 0 Å². The lowest BCUT2D eigenvalue weighted by Gasteiger charge is -2.34. The largest absolute Gasteiger partial charge is 0.491 e. The average molecular weight is 904 g/mol. The smallest absolute Gasteiger partial charge is 0.355 e. The monoisotopic (exact) mass is 903 g/mol. The summed E-state index contributed by atoms with van der Waals surface area (Å²) in [6, 6.07) is 13.9. The van der Waals surface area contributed by atoms with Crippen LogP contribution in [0.1, 0.15) is 104 Å². The van der Waals surface area contributed by atoms with Gasteiger partial charge in [0.05, 0.1) is 18.1 Å². The molecule has 1 unspecified atom stereocenters. The highest BCUT2D eigenvalue weighted by molar-refractivity contribution is 7.57. The summed E-state index contributed by atoms with van der Waals surface area (Å²) in [5, 5.41) is 6.10. The molecule has 3 aliphatic heterocycles. The molecule has 0 radical (unpaired) electrons. The van der Waals surface area contributed by atoms with E-state index in [2.05, 4.69) is 21.5 Å². The van der Waals surface area contributed by atoms with E-state index < -0.39 is 43.4 Å². The molecule has 3 amide bonds. The molecule has 3 saturated heterocycles. The van der Waals surface area contributed by atoms with Crippen LogP contribution in [-0.2, 0) is 28.4 Å². The van der Waals surface area contributed by atoms with Crippen LogP contribution in [-0.4, -0.2) is 102 Å². The molecule has 4 fully saturated rings. The molecule has 4 aliphatic rings. The number of fused-ring (bicyclic) bond motifs is 2. The number of nitrogens with zero attached hydrogens (tertiary/aromatic N) is 3. The number of likely N-dealkylation sites (tertiary alicyclic amines) is 1. The van der Waals surface area contributed by atoms with E-state index in [9.17, 15) is 23.7 Å². The predicted molar refractivity (Wildman–Crippen MR) is 236 cm³/mol. The van der Waals surface area contributed by atoms with Gasteiger partial charge in [-0.05, 0) is 118 Å². The minimum Gasteiger partial charge on any atom is -0.491 e. The molecular formula is C46H55FN5O9PS. The Morgan fingerprint density at radius 3 is 2.60 bits per heavy atom. The number of methoxy groups -OCH3 is 1. The van der Waals surface area contributed by atoms with Gasteiger partial charge in [-0.25, -0.2) is 9.48 Å². The van der Waals surface area contributed by atoms with Crippen LogP contribution in [0.15, 0.2) is 73.1 Å². The number of esters is 1. The molecular weight excluding hydrogens is 849 g/mol. The summed E-state index contributed by atoms with van der Waals surface area (Å²) >= 11 is 1.18. The minimum atomic E-state index is -4.57. The summed E-state index contributed by atoms with van der Waals surface area (Å²) in [6.45, 7) is 4.59. The SMILES string of the molecule is CCCOC(=O)[C@H](C)NP(=O)(Oc1cccc(OCCOC)c1)[C@@H](F)c1ccc2sc(C(=O)N[C@H]3CCC[C@H]4CC[C@@H](C(=O)N5C[C@@H](c6cccnc6)CC56CC6)N4C3=O)cc2c1. The molecule has 2 aromatic carbocycles. The molecule has 4 aromatic rings. The van der Waals surface area contributed by atoms with E-state index in [4.69, 9.17) is 18.7 Å². The van der Waals surface area contributed by atoms with Gasteiger partial charge in [-0.3, -0.25) is 28.7 Å². The first-order chi connectivity index (χ1) is 30.4. The molecule has 2 aromatic heterocycles. The molecule has 1 aliphatic carbocycles.